The lowest BCUT2D eigenvalue weighted by molar-refractivity contribution is -0.120. The summed E-state index contributed by atoms with van der Waals surface area (Å²) in [5, 5.41) is 4.39. The summed E-state index contributed by atoms with van der Waals surface area (Å²) in [6, 6.07) is 13.2. The largest absolute Gasteiger partial charge is 0.358 e. The monoisotopic (exact) mass is 375 g/mol. The van der Waals surface area contributed by atoms with Crippen molar-refractivity contribution in [3.63, 3.8) is 0 Å². The summed E-state index contributed by atoms with van der Waals surface area (Å²) in [6.45, 7) is 7.91. The molecule has 0 fully saturated rings. The standard InChI is InChI=1S/C24H29N3O/c1-15-9-10-16(2)24-23(15)21(17(3)26-24)12-22(28)25-13-20-11-18-7-5-6-8-19(18)14-27(20)4/h5-10,20,26H,11-14H2,1-4H3,(H,25,28)/t20-/m1/s1. The maximum atomic E-state index is 12.8. The number of benzene rings is 2. The number of hydrogen-bond donors (Lipinski definition) is 2. The fraction of sp³-hybridized carbons (Fsp3) is 0.375. The van der Waals surface area contributed by atoms with Crippen molar-refractivity contribution in [2.75, 3.05) is 13.6 Å². The molecule has 0 radical (unpaired) electrons. The van der Waals surface area contributed by atoms with Gasteiger partial charge >= 0.3 is 0 Å². The number of aryl methyl sites for hydroxylation is 3. The van der Waals surface area contributed by atoms with Gasteiger partial charge in [-0.3, -0.25) is 9.69 Å². The number of carbonyl (C=O) groups is 1. The van der Waals surface area contributed by atoms with Gasteiger partial charge in [0.1, 0.15) is 0 Å². The van der Waals surface area contributed by atoms with Gasteiger partial charge in [-0.05, 0) is 62.1 Å². The summed E-state index contributed by atoms with van der Waals surface area (Å²) in [4.78, 5) is 18.6. The second-order valence-electron chi connectivity index (χ2n) is 8.20. The average molecular weight is 376 g/mol. The predicted molar refractivity (Wildman–Crippen MR) is 115 cm³/mol. The van der Waals surface area contributed by atoms with E-state index < -0.39 is 0 Å². The predicted octanol–water partition coefficient (Wildman–Crippen LogP) is 3.81. The van der Waals surface area contributed by atoms with Crippen molar-refractivity contribution in [3.05, 3.63) is 69.9 Å². The quantitative estimate of drug-likeness (QED) is 0.728. The van der Waals surface area contributed by atoms with E-state index in [4.69, 9.17) is 0 Å². The molecule has 0 spiro atoms. The summed E-state index contributed by atoms with van der Waals surface area (Å²) < 4.78 is 0. The topological polar surface area (TPSA) is 48.1 Å². The van der Waals surface area contributed by atoms with Crippen molar-refractivity contribution in [2.45, 2.75) is 46.2 Å². The Morgan fingerprint density at radius 1 is 1.11 bits per heavy atom. The van der Waals surface area contributed by atoms with Crippen LogP contribution >= 0.6 is 0 Å². The number of nitrogens with zero attached hydrogens (tertiary/aromatic N) is 1. The van der Waals surface area contributed by atoms with Crippen LogP contribution in [-0.2, 0) is 24.2 Å². The van der Waals surface area contributed by atoms with Crippen LogP contribution in [0.25, 0.3) is 10.9 Å². The number of amides is 1. The van der Waals surface area contributed by atoms with Crippen LogP contribution in [-0.4, -0.2) is 35.4 Å². The van der Waals surface area contributed by atoms with Crippen LogP contribution < -0.4 is 5.32 Å². The van der Waals surface area contributed by atoms with E-state index in [1.165, 1.54) is 27.6 Å². The van der Waals surface area contributed by atoms with Gasteiger partial charge in [-0.1, -0.05) is 36.4 Å². The smallest absolute Gasteiger partial charge is 0.224 e. The maximum Gasteiger partial charge on any atom is 0.224 e. The van der Waals surface area contributed by atoms with Gasteiger partial charge in [0.25, 0.3) is 0 Å². The summed E-state index contributed by atoms with van der Waals surface area (Å²) in [7, 11) is 2.14. The third kappa shape index (κ3) is 3.45. The zero-order chi connectivity index (χ0) is 19.8. The van der Waals surface area contributed by atoms with Gasteiger partial charge in [0, 0.05) is 35.7 Å². The Labute approximate surface area is 166 Å². The van der Waals surface area contributed by atoms with Crippen LogP contribution in [0.2, 0.25) is 0 Å². The van der Waals surface area contributed by atoms with E-state index in [1.54, 1.807) is 0 Å². The molecule has 4 heteroatoms. The van der Waals surface area contributed by atoms with E-state index in [0.29, 0.717) is 19.0 Å². The number of hydrogen-bond acceptors (Lipinski definition) is 2. The van der Waals surface area contributed by atoms with Gasteiger partial charge in [0.15, 0.2) is 0 Å². The fourth-order valence-electron chi connectivity index (χ4n) is 4.43. The SMILES string of the molecule is Cc1[nH]c2c(C)ccc(C)c2c1CC(=O)NC[C@H]1Cc2ccccc2CN1C. The summed E-state index contributed by atoms with van der Waals surface area (Å²) in [5.41, 5.74) is 8.60. The van der Waals surface area contributed by atoms with Crippen LogP contribution in [0, 0.1) is 20.8 Å². The minimum Gasteiger partial charge on any atom is -0.358 e. The molecule has 1 aromatic heterocycles. The van der Waals surface area contributed by atoms with Crippen LogP contribution in [0.3, 0.4) is 0 Å². The molecule has 0 unspecified atom stereocenters. The molecule has 4 nitrogen and oxygen atoms in total. The number of nitrogens with one attached hydrogen (secondary N) is 2. The molecule has 3 aromatic rings. The summed E-state index contributed by atoms with van der Waals surface area (Å²) in [6.07, 6.45) is 1.40. The average Bonchev–Trinajstić information content (AvgIpc) is 3.00. The molecular weight excluding hydrogens is 346 g/mol. The summed E-state index contributed by atoms with van der Waals surface area (Å²) >= 11 is 0. The van der Waals surface area contributed by atoms with Gasteiger partial charge in [-0.25, -0.2) is 0 Å². The molecule has 0 bridgehead atoms. The van der Waals surface area contributed by atoms with E-state index in [2.05, 4.69) is 79.4 Å². The molecule has 1 amide bonds. The van der Waals surface area contributed by atoms with Crippen molar-refractivity contribution >= 4 is 16.8 Å². The van der Waals surface area contributed by atoms with Gasteiger partial charge in [-0.2, -0.15) is 0 Å². The minimum atomic E-state index is 0.0946. The van der Waals surface area contributed by atoms with Crippen molar-refractivity contribution in [2.24, 2.45) is 0 Å². The molecule has 4 rings (SSSR count). The Morgan fingerprint density at radius 2 is 1.82 bits per heavy atom. The van der Waals surface area contributed by atoms with E-state index in [9.17, 15) is 4.79 Å². The number of aromatic nitrogens is 1. The zero-order valence-corrected chi connectivity index (χ0v) is 17.2. The van der Waals surface area contributed by atoms with Gasteiger partial charge in [0.05, 0.1) is 6.42 Å². The highest BCUT2D eigenvalue weighted by Crippen LogP contribution is 2.28. The Morgan fingerprint density at radius 3 is 2.61 bits per heavy atom. The van der Waals surface area contributed by atoms with E-state index >= 15 is 0 Å². The lowest BCUT2D eigenvalue weighted by Gasteiger charge is -2.34. The molecule has 0 saturated carbocycles. The molecule has 1 aliphatic rings. The third-order valence-corrected chi connectivity index (χ3v) is 6.18. The Balaban J connectivity index is 1.45. The second-order valence-corrected chi connectivity index (χ2v) is 8.20. The van der Waals surface area contributed by atoms with Crippen LogP contribution in [0.4, 0.5) is 0 Å². The zero-order valence-electron chi connectivity index (χ0n) is 17.2. The number of H-pyrrole nitrogens is 1. The lowest BCUT2D eigenvalue weighted by atomic mass is 9.94. The molecule has 0 saturated heterocycles. The van der Waals surface area contributed by atoms with E-state index in [1.807, 2.05) is 0 Å². The number of fused-ring (bicyclic) bond motifs is 2. The first kappa shape index (κ1) is 18.8. The molecular formula is C24H29N3O. The molecule has 2 aromatic carbocycles. The first-order valence-corrected chi connectivity index (χ1v) is 10.0. The maximum absolute atomic E-state index is 12.8. The Hall–Kier alpha value is -2.59. The highest BCUT2D eigenvalue weighted by molar-refractivity contribution is 5.93. The van der Waals surface area contributed by atoms with Gasteiger partial charge in [0.2, 0.25) is 5.91 Å². The van der Waals surface area contributed by atoms with Crippen molar-refractivity contribution < 1.29 is 4.79 Å². The minimum absolute atomic E-state index is 0.0946. The van der Waals surface area contributed by atoms with Gasteiger partial charge in [-0.15, -0.1) is 0 Å². The number of likely N-dealkylation sites (N-methyl/N-ethyl adjacent to an activating group) is 1. The first-order valence-electron chi connectivity index (χ1n) is 10.0. The molecule has 1 atom stereocenters. The lowest BCUT2D eigenvalue weighted by Crippen LogP contribution is -2.45. The van der Waals surface area contributed by atoms with E-state index in [0.717, 1.165) is 29.7 Å². The van der Waals surface area contributed by atoms with Gasteiger partial charge < -0.3 is 10.3 Å². The Bertz CT molecular complexity index is 1030. The second kappa shape index (κ2) is 7.44. The number of carbonyl (C=O) groups excluding carboxylic acids is 1. The normalized spacial score (nSPS) is 16.9. The number of rotatable bonds is 4. The molecule has 28 heavy (non-hydrogen) atoms. The van der Waals surface area contributed by atoms with Crippen molar-refractivity contribution in [3.8, 4) is 0 Å². The fourth-order valence-corrected chi connectivity index (χ4v) is 4.43. The molecule has 0 aliphatic carbocycles. The highest BCUT2D eigenvalue weighted by Gasteiger charge is 2.23. The molecule has 1 aliphatic heterocycles. The van der Waals surface area contributed by atoms with Crippen LogP contribution in [0.5, 0.6) is 0 Å². The third-order valence-electron chi connectivity index (χ3n) is 6.18. The Kier molecular flexibility index (Phi) is 4.98. The van der Waals surface area contributed by atoms with E-state index in [-0.39, 0.29) is 5.91 Å². The van der Waals surface area contributed by atoms with Crippen molar-refractivity contribution in [1.29, 1.82) is 0 Å². The molecule has 2 N–H and O–H groups in total. The van der Waals surface area contributed by atoms with Crippen molar-refractivity contribution in [1.82, 2.24) is 15.2 Å². The summed E-state index contributed by atoms with van der Waals surface area (Å²) in [5.74, 6) is 0.0946. The van der Waals surface area contributed by atoms with Crippen LogP contribution in [0.1, 0.15) is 33.5 Å². The molecule has 146 valence electrons. The number of aromatic amines is 1. The molecule has 2 heterocycles. The van der Waals surface area contributed by atoms with Crippen LogP contribution in [0.15, 0.2) is 36.4 Å². The highest BCUT2D eigenvalue weighted by atomic mass is 16.1. The first-order chi connectivity index (χ1) is 13.4.